The van der Waals surface area contributed by atoms with Crippen LogP contribution < -0.4 is 9.80 Å². The van der Waals surface area contributed by atoms with Gasteiger partial charge < -0.3 is 9.80 Å². The highest BCUT2D eigenvalue weighted by Crippen LogP contribution is 2.22. The Hall–Kier alpha value is -1.92. The van der Waals surface area contributed by atoms with Gasteiger partial charge in [-0.25, -0.2) is 9.37 Å². The Morgan fingerprint density at radius 1 is 1.17 bits per heavy atom. The smallest absolute Gasteiger partial charge is 0.227 e. The largest absolute Gasteiger partial charge is 0.363 e. The van der Waals surface area contributed by atoms with Crippen molar-refractivity contribution in [3.63, 3.8) is 0 Å². The van der Waals surface area contributed by atoms with Gasteiger partial charge in [0.1, 0.15) is 11.6 Å². The molecule has 0 unspecified atom stereocenters. The molecule has 5 nitrogen and oxygen atoms in total. The molecule has 2 aromatic rings. The molecule has 24 heavy (non-hydrogen) atoms. The van der Waals surface area contributed by atoms with Crippen LogP contribution in [0.5, 0.6) is 0 Å². The molecule has 0 atom stereocenters. The predicted molar refractivity (Wildman–Crippen MR) is 95.3 cm³/mol. The van der Waals surface area contributed by atoms with Crippen LogP contribution in [-0.4, -0.2) is 55.1 Å². The van der Waals surface area contributed by atoms with Gasteiger partial charge in [-0.3, -0.25) is 4.90 Å². The maximum Gasteiger partial charge on any atom is 0.227 e. The van der Waals surface area contributed by atoms with Crippen molar-refractivity contribution in [1.29, 1.82) is 0 Å². The number of piperazine rings is 1. The van der Waals surface area contributed by atoms with Crippen molar-refractivity contribution in [3.05, 3.63) is 46.9 Å². The Balaban J connectivity index is 1.63. The lowest BCUT2D eigenvalue weighted by Crippen LogP contribution is -2.46. The van der Waals surface area contributed by atoms with Crippen molar-refractivity contribution in [2.24, 2.45) is 0 Å². The fourth-order valence-corrected chi connectivity index (χ4v) is 2.98. The minimum Gasteiger partial charge on any atom is -0.363 e. The van der Waals surface area contributed by atoms with Crippen LogP contribution in [0.2, 0.25) is 5.02 Å². The van der Waals surface area contributed by atoms with E-state index < -0.39 is 0 Å². The lowest BCUT2D eigenvalue weighted by Gasteiger charge is -2.35. The van der Waals surface area contributed by atoms with E-state index in [0.29, 0.717) is 17.1 Å². The molecule has 0 radical (unpaired) electrons. The monoisotopic (exact) mass is 349 g/mol. The first kappa shape index (κ1) is 16.9. The zero-order valence-corrected chi connectivity index (χ0v) is 14.7. The average molecular weight is 350 g/mol. The number of aromatic nitrogens is 2. The van der Waals surface area contributed by atoms with Gasteiger partial charge in [0.25, 0.3) is 0 Å². The van der Waals surface area contributed by atoms with Crippen molar-refractivity contribution >= 4 is 23.4 Å². The molecule has 0 bridgehead atoms. The first-order chi connectivity index (χ1) is 11.5. The number of nitrogens with zero attached hydrogens (tertiary/aromatic N) is 5. The second-order valence-corrected chi connectivity index (χ2v) is 6.48. The Morgan fingerprint density at radius 3 is 2.58 bits per heavy atom. The number of hydrogen-bond acceptors (Lipinski definition) is 5. The summed E-state index contributed by atoms with van der Waals surface area (Å²) in [6.45, 7) is 3.78. The minimum absolute atomic E-state index is 0.244. The summed E-state index contributed by atoms with van der Waals surface area (Å²) in [7, 11) is 3.92. The van der Waals surface area contributed by atoms with E-state index in [1.54, 1.807) is 18.3 Å². The molecule has 0 amide bonds. The fourth-order valence-electron chi connectivity index (χ4n) is 2.75. The molecule has 1 aromatic carbocycles. The van der Waals surface area contributed by atoms with E-state index in [1.807, 2.05) is 25.1 Å². The van der Waals surface area contributed by atoms with E-state index in [9.17, 15) is 4.39 Å². The molecule has 1 fully saturated rings. The van der Waals surface area contributed by atoms with Crippen LogP contribution >= 0.6 is 11.6 Å². The molecule has 0 N–H and O–H groups in total. The topological polar surface area (TPSA) is 35.5 Å². The summed E-state index contributed by atoms with van der Waals surface area (Å²) in [5.74, 6) is 1.39. The summed E-state index contributed by atoms with van der Waals surface area (Å²) >= 11 is 6.12. The number of anilines is 2. The van der Waals surface area contributed by atoms with Gasteiger partial charge in [-0.05, 0) is 18.2 Å². The first-order valence-electron chi connectivity index (χ1n) is 7.95. The second-order valence-electron chi connectivity index (χ2n) is 6.07. The zero-order valence-electron chi connectivity index (χ0n) is 13.9. The predicted octanol–water partition coefficient (Wildman–Crippen LogP) is 2.66. The summed E-state index contributed by atoms with van der Waals surface area (Å²) in [4.78, 5) is 15.3. The molecule has 1 aliphatic rings. The Labute approximate surface area is 146 Å². The summed E-state index contributed by atoms with van der Waals surface area (Å²) in [5.41, 5.74) is 0.568. The molecule has 2 heterocycles. The van der Waals surface area contributed by atoms with Crippen LogP contribution in [0.15, 0.2) is 30.5 Å². The number of rotatable bonds is 4. The van der Waals surface area contributed by atoms with Gasteiger partial charge in [0, 0.05) is 63.6 Å². The van der Waals surface area contributed by atoms with E-state index in [4.69, 9.17) is 11.6 Å². The van der Waals surface area contributed by atoms with E-state index in [-0.39, 0.29) is 5.82 Å². The lowest BCUT2D eigenvalue weighted by molar-refractivity contribution is 0.245. The van der Waals surface area contributed by atoms with Crippen LogP contribution in [0.3, 0.4) is 0 Å². The van der Waals surface area contributed by atoms with E-state index in [2.05, 4.69) is 19.8 Å². The lowest BCUT2D eigenvalue weighted by atomic mass is 10.2. The number of benzene rings is 1. The van der Waals surface area contributed by atoms with Gasteiger partial charge in [0.2, 0.25) is 5.95 Å². The molecule has 7 heteroatoms. The van der Waals surface area contributed by atoms with Gasteiger partial charge in [0.15, 0.2) is 0 Å². The Kier molecular flexibility index (Phi) is 5.16. The molecular formula is C17H21ClFN5. The molecule has 0 saturated carbocycles. The van der Waals surface area contributed by atoms with Crippen molar-refractivity contribution < 1.29 is 4.39 Å². The van der Waals surface area contributed by atoms with Gasteiger partial charge >= 0.3 is 0 Å². The Morgan fingerprint density at radius 2 is 1.92 bits per heavy atom. The number of hydrogen-bond donors (Lipinski definition) is 0. The van der Waals surface area contributed by atoms with Crippen LogP contribution in [0.25, 0.3) is 0 Å². The molecule has 0 spiro atoms. The molecular weight excluding hydrogens is 329 g/mol. The summed E-state index contributed by atoms with van der Waals surface area (Å²) < 4.78 is 13.9. The van der Waals surface area contributed by atoms with Gasteiger partial charge in [-0.1, -0.05) is 17.7 Å². The maximum atomic E-state index is 13.9. The Bertz CT molecular complexity index is 681. The van der Waals surface area contributed by atoms with Crippen LogP contribution in [0, 0.1) is 5.82 Å². The van der Waals surface area contributed by atoms with E-state index in [0.717, 1.165) is 37.9 Å². The molecule has 128 valence electrons. The summed E-state index contributed by atoms with van der Waals surface area (Å²) in [6, 6.07) is 6.71. The molecule has 0 aliphatic carbocycles. The van der Waals surface area contributed by atoms with E-state index >= 15 is 0 Å². The average Bonchev–Trinajstić information content (AvgIpc) is 2.59. The van der Waals surface area contributed by atoms with Gasteiger partial charge in [0.05, 0.1) is 0 Å². The van der Waals surface area contributed by atoms with Crippen molar-refractivity contribution in [1.82, 2.24) is 14.9 Å². The quantitative estimate of drug-likeness (QED) is 0.848. The van der Waals surface area contributed by atoms with Gasteiger partial charge in [-0.2, -0.15) is 4.98 Å². The second kappa shape index (κ2) is 7.32. The summed E-state index contributed by atoms with van der Waals surface area (Å²) in [5, 5.41) is 0.486. The molecule has 1 saturated heterocycles. The third-order valence-electron chi connectivity index (χ3n) is 4.18. The fraction of sp³-hybridized carbons (Fsp3) is 0.412. The highest BCUT2D eigenvalue weighted by atomic mass is 35.5. The van der Waals surface area contributed by atoms with Crippen molar-refractivity contribution in [2.45, 2.75) is 6.54 Å². The van der Waals surface area contributed by atoms with Gasteiger partial charge in [-0.15, -0.1) is 0 Å². The van der Waals surface area contributed by atoms with Crippen molar-refractivity contribution in [3.8, 4) is 0 Å². The third-order valence-corrected chi connectivity index (χ3v) is 4.54. The summed E-state index contributed by atoms with van der Waals surface area (Å²) in [6.07, 6.45) is 1.78. The normalized spacial score (nSPS) is 15.6. The SMILES string of the molecule is CN(C)c1ccnc(N2CCN(Cc3c(F)cccc3Cl)CC2)n1. The zero-order chi connectivity index (χ0) is 17.1. The number of halogens is 2. The molecule has 1 aromatic heterocycles. The van der Waals surface area contributed by atoms with Crippen molar-refractivity contribution in [2.75, 3.05) is 50.1 Å². The van der Waals surface area contributed by atoms with E-state index in [1.165, 1.54) is 6.07 Å². The van der Waals surface area contributed by atoms with Crippen LogP contribution in [-0.2, 0) is 6.54 Å². The van der Waals surface area contributed by atoms with Crippen LogP contribution in [0.1, 0.15) is 5.56 Å². The third kappa shape index (κ3) is 3.76. The standard InChI is InChI=1S/C17H21ClFN5/c1-22(2)16-6-7-20-17(21-16)24-10-8-23(9-11-24)12-13-14(18)4-3-5-15(13)19/h3-7H,8-12H2,1-2H3. The first-order valence-corrected chi connectivity index (χ1v) is 8.33. The van der Waals surface area contributed by atoms with Crippen LogP contribution in [0.4, 0.5) is 16.2 Å². The molecule has 3 rings (SSSR count). The maximum absolute atomic E-state index is 13.9. The minimum atomic E-state index is -0.244. The highest BCUT2D eigenvalue weighted by molar-refractivity contribution is 6.31. The molecule has 1 aliphatic heterocycles. The highest BCUT2D eigenvalue weighted by Gasteiger charge is 2.21.